The van der Waals surface area contributed by atoms with Crippen LogP contribution in [0.1, 0.15) is 226 Å². The molecule has 1 atom stereocenters. The Hall–Kier alpha value is -1.39. The van der Waals surface area contributed by atoms with E-state index in [1.165, 1.54) is 167 Å². The van der Waals surface area contributed by atoms with E-state index in [0.29, 0.717) is 19.6 Å². The molecule has 4 heteroatoms. The quantitative estimate of drug-likeness (QED) is 0.0391. The normalized spacial score (nSPS) is 12.6. The van der Waals surface area contributed by atoms with E-state index >= 15 is 0 Å². The average Bonchev–Trinajstić information content (AvgIpc) is 3.12. The van der Waals surface area contributed by atoms with E-state index in [1.807, 2.05) is 0 Å². The molecule has 0 saturated heterocycles. The average molecular weight is 703 g/mol. The van der Waals surface area contributed by atoms with Crippen molar-refractivity contribution in [2.24, 2.45) is 0 Å². The minimum Gasteiger partial charge on any atom is -0.457 e. The summed E-state index contributed by atoms with van der Waals surface area (Å²) in [6, 6.07) is 0. The third-order valence-corrected chi connectivity index (χ3v) is 9.73. The second-order valence-electron chi connectivity index (χ2n) is 14.7. The highest BCUT2D eigenvalue weighted by Crippen LogP contribution is 2.16. The molecule has 0 heterocycles. The Bertz CT molecular complexity index is 742. The first kappa shape index (κ1) is 48.6. The number of ether oxygens (including phenoxy) is 2. The van der Waals surface area contributed by atoms with Gasteiger partial charge in [0.2, 0.25) is 0 Å². The molecule has 50 heavy (non-hydrogen) atoms. The second kappa shape index (κ2) is 43.8. The summed E-state index contributed by atoms with van der Waals surface area (Å²) in [5.41, 5.74) is 0. The highest BCUT2D eigenvalue weighted by atomic mass is 16.6. The molecule has 0 aliphatic carbocycles. The maximum absolute atomic E-state index is 12.2. The number of carbonyl (C=O) groups excluding carboxylic acids is 1. The van der Waals surface area contributed by atoms with E-state index in [1.54, 1.807) is 0 Å². The maximum Gasteiger partial charge on any atom is 0.306 e. The molecule has 0 saturated carbocycles. The molecular weight excluding hydrogens is 617 g/mol. The number of allylic oxidation sites excluding steroid dienone is 6. The lowest BCUT2D eigenvalue weighted by Crippen LogP contribution is -2.27. The van der Waals surface area contributed by atoms with Crippen molar-refractivity contribution in [3.05, 3.63) is 36.5 Å². The molecule has 0 aromatic heterocycles. The SMILES string of the molecule is CC/C=C\C/C=C\C/C=C\CCCCCCCCCCOCC(CO)OC(=O)CCCCCCCCCCCCCCCCCCCCCC. The van der Waals surface area contributed by atoms with E-state index in [9.17, 15) is 9.90 Å². The molecule has 0 bridgehead atoms. The molecule has 0 amide bonds. The fourth-order valence-electron chi connectivity index (χ4n) is 6.46. The van der Waals surface area contributed by atoms with Gasteiger partial charge >= 0.3 is 5.97 Å². The van der Waals surface area contributed by atoms with Crippen LogP contribution >= 0.6 is 0 Å². The zero-order chi connectivity index (χ0) is 36.3. The van der Waals surface area contributed by atoms with Gasteiger partial charge in [0.25, 0.3) is 0 Å². The Labute approximate surface area is 312 Å². The van der Waals surface area contributed by atoms with E-state index in [0.717, 1.165) is 38.5 Å². The number of hydrogen-bond acceptors (Lipinski definition) is 4. The van der Waals surface area contributed by atoms with Gasteiger partial charge in [0, 0.05) is 13.0 Å². The number of carbonyl (C=O) groups is 1. The summed E-state index contributed by atoms with van der Waals surface area (Å²) < 4.78 is 11.2. The molecule has 0 aromatic carbocycles. The number of esters is 1. The van der Waals surface area contributed by atoms with E-state index in [2.05, 4.69) is 50.3 Å². The predicted molar refractivity (Wildman–Crippen MR) is 219 cm³/mol. The molecular formula is C46H86O4. The number of aliphatic hydroxyl groups excluding tert-OH is 1. The largest absolute Gasteiger partial charge is 0.457 e. The van der Waals surface area contributed by atoms with Gasteiger partial charge in [-0.05, 0) is 44.9 Å². The van der Waals surface area contributed by atoms with Gasteiger partial charge in [-0.15, -0.1) is 0 Å². The lowest BCUT2D eigenvalue weighted by atomic mass is 10.0. The van der Waals surface area contributed by atoms with Crippen LogP contribution in [0.4, 0.5) is 0 Å². The molecule has 1 N–H and O–H groups in total. The van der Waals surface area contributed by atoms with Crippen molar-refractivity contribution >= 4 is 5.97 Å². The molecule has 0 spiro atoms. The summed E-state index contributed by atoms with van der Waals surface area (Å²) in [6.07, 6.45) is 55.0. The monoisotopic (exact) mass is 703 g/mol. The maximum atomic E-state index is 12.2. The lowest BCUT2D eigenvalue weighted by Gasteiger charge is -2.16. The topological polar surface area (TPSA) is 55.8 Å². The number of unbranched alkanes of at least 4 members (excludes halogenated alkanes) is 27. The van der Waals surface area contributed by atoms with E-state index < -0.39 is 6.10 Å². The van der Waals surface area contributed by atoms with Crippen LogP contribution in [0.5, 0.6) is 0 Å². The lowest BCUT2D eigenvalue weighted by molar-refractivity contribution is -0.154. The van der Waals surface area contributed by atoms with Crippen molar-refractivity contribution in [1.82, 2.24) is 0 Å². The summed E-state index contributed by atoms with van der Waals surface area (Å²) in [7, 11) is 0. The Morgan fingerprint density at radius 3 is 1.36 bits per heavy atom. The third kappa shape index (κ3) is 41.0. The molecule has 0 aliphatic rings. The number of aliphatic hydroxyl groups is 1. The third-order valence-electron chi connectivity index (χ3n) is 9.73. The van der Waals surface area contributed by atoms with Gasteiger partial charge in [0.15, 0.2) is 0 Å². The standard InChI is InChI=1S/C46H86O4/c1-3-5-7-9-11-13-15-17-19-21-23-24-25-27-29-31-33-35-37-39-41-46(48)50-45(43-47)44-49-42-40-38-36-34-32-30-28-26-22-20-18-16-14-12-10-8-6-4-2/h6,8,12,14,18,20,45,47H,3-5,7,9-11,13,15-17,19,21-44H2,1-2H3/b8-6-,14-12-,20-18-. The molecule has 294 valence electrons. The zero-order valence-electron chi connectivity index (χ0n) is 33.7. The Morgan fingerprint density at radius 2 is 0.900 bits per heavy atom. The summed E-state index contributed by atoms with van der Waals surface area (Å²) in [6.45, 7) is 5.25. The molecule has 0 fully saturated rings. The first-order valence-corrected chi connectivity index (χ1v) is 22.1. The molecule has 0 rings (SSSR count). The molecule has 4 nitrogen and oxygen atoms in total. The van der Waals surface area contributed by atoms with Gasteiger partial charge in [-0.2, -0.15) is 0 Å². The van der Waals surface area contributed by atoms with Crippen LogP contribution in [0.15, 0.2) is 36.5 Å². The van der Waals surface area contributed by atoms with Crippen LogP contribution in [0, 0.1) is 0 Å². The highest BCUT2D eigenvalue weighted by Gasteiger charge is 2.13. The number of hydrogen-bond donors (Lipinski definition) is 1. The summed E-state index contributed by atoms with van der Waals surface area (Å²) in [5.74, 6) is -0.200. The second-order valence-corrected chi connectivity index (χ2v) is 14.7. The van der Waals surface area contributed by atoms with Gasteiger partial charge < -0.3 is 14.6 Å². The van der Waals surface area contributed by atoms with Crippen LogP contribution in [0.25, 0.3) is 0 Å². The minimum absolute atomic E-state index is 0.172. The van der Waals surface area contributed by atoms with Gasteiger partial charge in [-0.25, -0.2) is 0 Å². The molecule has 0 aliphatic heterocycles. The van der Waals surface area contributed by atoms with Crippen molar-refractivity contribution in [3.8, 4) is 0 Å². The van der Waals surface area contributed by atoms with E-state index in [-0.39, 0.29) is 12.6 Å². The van der Waals surface area contributed by atoms with Gasteiger partial charge in [-0.3, -0.25) is 4.79 Å². The number of rotatable bonds is 41. The van der Waals surface area contributed by atoms with Gasteiger partial charge in [0.1, 0.15) is 6.10 Å². The summed E-state index contributed by atoms with van der Waals surface area (Å²) in [4.78, 5) is 12.2. The molecule has 0 aromatic rings. The van der Waals surface area contributed by atoms with Crippen LogP contribution < -0.4 is 0 Å². The van der Waals surface area contributed by atoms with Crippen molar-refractivity contribution < 1.29 is 19.4 Å². The van der Waals surface area contributed by atoms with Crippen molar-refractivity contribution in [1.29, 1.82) is 0 Å². The van der Waals surface area contributed by atoms with Crippen molar-refractivity contribution in [2.75, 3.05) is 19.8 Å². The Morgan fingerprint density at radius 1 is 0.500 bits per heavy atom. The first-order chi connectivity index (χ1) is 24.7. The Kier molecular flexibility index (Phi) is 42.6. The van der Waals surface area contributed by atoms with Crippen LogP contribution in [0.2, 0.25) is 0 Å². The van der Waals surface area contributed by atoms with E-state index in [4.69, 9.17) is 9.47 Å². The summed E-state index contributed by atoms with van der Waals surface area (Å²) in [5, 5.41) is 9.61. The highest BCUT2D eigenvalue weighted by molar-refractivity contribution is 5.69. The smallest absolute Gasteiger partial charge is 0.306 e. The van der Waals surface area contributed by atoms with Crippen molar-refractivity contribution in [3.63, 3.8) is 0 Å². The zero-order valence-corrected chi connectivity index (χ0v) is 33.7. The summed E-state index contributed by atoms with van der Waals surface area (Å²) >= 11 is 0. The predicted octanol–water partition coefficient (Wildman–Crippen LogP) is 14.5. The molecule has 1 unspecified atom stereocenters. The van der Waals surface area contributed by atoms with Crippen LogP contribution in [-0.4, -0.2) is 37.0 Å². The van der Waals surface area contributed by atoms with Crippen LogP contribution in [-0.2, 0) is 14.3 Å². The van der Waals surface area contributed by atoms with Crippen molar-refractivity contribution in [2.45, 2.75) is 232 Å². The first-order valence-electron chi connectivity index (χ1n) is 22.1. The fraction of sp³-hybridized carbons (Fsp3) is 0.848. The van der Waals surface area contributed by atoms with Crippen LogP contribution in [0.3, 0.4) is 0 Å². The van der Waals surface area contributed by atoms with Gasteiger partial charge in [-0.1, -0.05) is 211 Å². The molecule has 0 radical (unpaired) electrons. The Balaban J connectivity index is 3.40. The minimum atomic E-state index is -0.535. The fourth-order valence-corrected chi connectivity index (χ4v) is 6.46. The van der Waals surface area contributed by atoms with Gasteiger partial charge in [0.05, 0.1) is 13.2 Å².